The normalized spacial score (nSPS) is 11.2. The van der Waals surface area contributed by atoms with Crippen LogP contribution in [0.2, 0.25) is 0 Å². The van der Waals surface area contributed by atoms with Crippen LogP contribution in [0, 0.1) is 11.6 Å². The number of hydrogen-bond acceptors (Lipinski definition) is 4. The van der Waals surface area contributed by atoms with E-state index in [9.17, 15) is 18.7 Å². The monoisotopic (exact) mass is 491 g/mol. The Morgan fingerprint density at radius 1 is 1.20 bits per heavy atom. The number of nitrogens with zero attached hydrogens (tertiary/aromatic N) is 2. The van der Waals surface area contributed by atoms with Gasteiger partial charge in [-0.1, -0.05) is 29.5 Å². The van der Waals surface area contributed by atoms with Crippen LogP contribution >= 0.6 is 27.3 Å². The van der Waals surface area contributed by atoms with E-state index in [0.29, 0.717) is 16.2 Å². The highest BCUT2D eigenvalue weighted by Crippen LogP contribution is 2.35. The maximum absolute atomic E-state index is 14.6. The molecule has 0 aliphatic rings. The maximum Gasteiger partial charge on any atom is 0.226 e. The molecule has 0 unspecified atom stereocenters. The van der Waals surface area contributed by atoms with E-state index in [1.165, 1.54) is 35.6 Å². The lowest BCUT2D eigenvalue weighted by Crippen LogP contribution is -2.14. The van der Waals surface area contributed by atoms with Crippen molar-refractivity contribution in [3.8, 4) is 5.88 Å². The van der Waals surface area contributed by atoms with Crippen molar-refractivity contribution in [2.45, 2.75) is 19.4 Å². The highest BCUT2D eigenvalue weighted by Gasteiger charge is 2.20. The summed E-state index contributed by atoms with van der Waals surface area (Å²) in [5, 5.41) is 14.5. The zero-order valence-corrected chi connectivity index (χ0v) is 17.9. The number of amides is 1. The SMILES string of the molecule is O=C(CCc1c2c(F)cccc2c(O)n1Cc1ccc(F)cc1)Nc1ncc(Br)s1. The van der Waals surface area contributed by atoms with Crippen LogP contribution in [0.3, 0.4) is 0 Å². The minimum atomic E-state index is -0.472. The van der Waals surface area contributed by atoms with Crippen LogP contribution < -0.4 is 5.32 Å². The minimum Gasteiger partial charge on any atom is -0.494 e. The predicted molar refractivity (Wildman–Crippen MR) is 116 cm³/mol. The molecule has 154 valence electrons. The predicted octanol–water partition coefficient (Wildman–Crippen LogP) is 5.46. The van der Waals surface area contributed by atoms with Crippen molar-refractivity contribution in [3.63, 3.8) is 0 Å². The van der Waals surface area contributed by atoms with Gasteiger partial charge in [0, 0.05) is 22.9 Å². The van der Waals surface area contributed by atoms with Gasteiger partial charge in [0.1, 0.15) is 11.6 Å². The number of carbonyl (C=O) groups excluding carboxylic acids is 1. The number of aromatic hydroxyl groups is 1. The van der Waals surface area contributed by atoms with Crippen molar-refractivity contribution in [2.75, 3.05) is 5.32 Å². The summed E-state index contributed by atoms with van der Waals surface area (Å²) in [6.45, 7) is 0.219. The van der Waals surface area contributed by atoms with E-state index >= 15 is 0 Å². The van der Waals surface area contributed by atoms with Gasteiger partial charge in [-0.25, -0.2) is 13.8 Å². The summed E-state index contributed by atoms with van der Waals surface area (Å²) in [5.74, 6) is -1.19. The summed E-state index contributed by atoms with van der Waals surface area (Å²) in [7, 11) is 0. The highest BCUT2D eigenvalue weighted by atomic mass is 79.9. The smallest absolute Gasteiger partial charge is 0.226 e. The first kappa shape index (κ1) is 20.5. The van der Waals surface area contributed by atoms with Crippen LogP contribution in [0.15, 0.2) is 52.4 Å². The second-order valence-corrected chi connectivity index (χ2v) is 9.07. The molecule has 4 rings (SSSR count). The molecule has 0 radical (unpaired) electrons. The highest BCUT2D eigenvalue weighted by molar-refractivity contribution is 9.11. The van der Waals surface area contributed by atoms with Crippen LogP contribution in [0.1, 0.15) is 17.7 Å². The first-order valence-electron chi connectivity index (χ1n) is 9.06. The van der Waals surface area contributed by atoms with Gasteiger partial charge >= 0.3 is 0 Å². The van der Waals surface area contributed by atoms with Crippen molar-refractivity contribution < 1.29 is 18.7 Å². The third kappa shape index (κ3) is 4.22. The van der Waals surface area contributed by atoms with Crippen LogP contribution in [0.4, 0.5) is 13.9 Å². The maximum atomic E-state index is 14.6. The standard InChI is InChI=1S/C21H16BrF2N3O2S/c22-17-10-25-21(30-17)26-18(28)9-8-16-19-14(2-1-3-15(19)24)20(29)27(16)11-12-4-6-13(23)7-5-12/h1-7,10,29H,8-9,11H2,(H,25,26,28). The molecule has 0 saturated carbocycles. The number of benzene rings is 2. The lowest BCUT2D eigenvalue weighted by molar-refractivity contribution is -0.116. The molecule has 0 atom stereocenters. The van der Waals surface area contributed by atoms with Crippen molar-refractivity contribution >= 4 is 49.1 Å². The fourth-order valence-corrected chi connectivity index (χ4v) is 4.46. The van der Waals surface area contributed by atoms with Gasteiger partial charge in [-0.2, -0.15) is 0 Å². The van der Waals surface area contributed by atoms with E-state index in [4.69, 9.17) is 0 Å². The molecule has 2 N–H and O–H groups in total. The van der Waals surface area contributed by atoms with Crippen molar-refractivity contribution in [1.82, 2.24) is 9.55 Å². The Kier molecular flexibility index (Phi) is 5.83. The van der Waals surface area contributed by atoms with Crippen molar-refractivity contribution in [1.29, 1.82) is 0 Å². The molecule has 0 fully saturated rings. The van der Waals surface area contributed by atoms with E-state index in [2.05, 4.69) is 26.2 Å². The Labute approximate surface area is 183 Å². The molecule has 2 aromatic carbocycles. The van der Waals surface area contributed by atoms with Gasteiger partial charge in [0.25, 0.3) is 0 Å². The number of rotatable bonds is 6. The molecule has 9 heteroatoms. The van der Waals surface area contributed by atoms with E-state index in [-0.39, 0.29) is 42.4 Å². The molecule has 0 aliphatic heterocycles. The lowest BCUT2D eigenvalue weighted by Gasteiger charge is -2.11. The van der Waals surface area contributed by atoms with Crippen LogP contribution in [0.25, 0.3) is 10.8 Å². The minimum absolute atomic E-state index is 0.0769. The molecule has 4 aromatic rings. The first-order valence-corrected chi connectivity index (χ1v) is 10.7. The fraction of sp³-hybridized carbons (Fsp3) is 0.143. The Morgan fingerprint density at radius 3 is 2.67 bits per heavy atom. The number of thiazole rings is 1. The van der Waals surface area contributed by atoms with E-state index in [0.717, 1.165) is 9.35 Å². The van der Waals surface area contributed by atoms with E-state index in [1.807, 2.05) is 0 Å². The molecule has 30 heavy (non-hydrogen) atoms. The second kappa shape index (κ2) is 8.53. The molecule has 0 bridgehead atoms. The summed E-state index contributed by atoms with van der Waals surface area (Å²) >= 11 is 4.58. The number of halogens is 3. The molecule has 0 spiro atoms. The molecule has 0 saturated heterocycles. The number of hydrogen-bond donors (Lipinski definition) is 2. The van der Waals surface area contributed by atoms with Crippen molar-refractivity contribution in [2.24, 2.45) is 0 Å². The second-order valence-electron chi connectivity index (χ2n) is 6.66. The lowest BCUT2D eigenvalue weighted by atomic mass is 10.1. The third-order valence-corrected chi connectivity index (χ3v) is 6.08. The Bertz CT molecular complexity index is 1220. The quantitative estimate of drug-likeness (QED) is 0.376. The van der Waals surface area contributed by atoms with Crippen LogP contribution in [-0.2, 0) is 17.8 Å². The number of anilines is 1. The van der Waals surface area contributed by atoms with Gasteiger partial charge in [0.15, 0.2) is 11.0 Å². The first-order chi connectivity index (χ1) is 14.4. The summed E-state index contributed by atoms with van der Waals surface area (Å²) < 4.78 is 30.2. The van der Waals surface area contributed by atoms with Gasteiger partial charge in [0.2, 0.25) is 5.91 Å². The number of fused-ring (bicyclic) bond motifs is 1. The molecular formula is C21H16BrF2N3O2S. The van der Waals surface area contributed by atoms with Gasteiger partial charge in [-0.3, -0.25) is 4.79 Å². The Balaban J connectivity index is 1.64. The van der Waals surface area contributed by atoms with Crippen molar-refractivity contribution in [3.05, 3.63) is 75.3 Å². The Hall–Kier alpha value is -2.78. The average Bonchev–Trinajstić information content (AvgIpc) is 3.24. The zero-order valence-electron chi connectivity index (χ0n) is 15.5. The molecule has 2 heterocycles. The number of nitrogens with one attached hydrogen (secondary N) is 1. The number of aryl methyl sites for hydroxylation is 1. The molecule has 0 aliphatic carbocycles. The molecular weight excluding hydrogens is 476 g/mol. The summed E-state index contributed by atoms with van der Waals surface area (Å²) in [6, 6.07) is 10.3. The average molecular weight is 492 g/mol. The fourth-order valence-electron chi connectivity index (χ4n) is 3.34. The Morgan fingerprint density at radius 2 is 1.97 bits per heavy atom. The molecule has 2 aromatic heterocycles. The van der Waals surface area contributed by atoms with Gasteiger partial charge in [-0.05, 0) is 52.2 Å². The summed E-state index contributed by atoms with van der Waals surface area (Å²) in [4.78, 5) is 16.4. The van der Waals surface area contributed by atoms with E-state index in [1.54, 1.807) is 29.0 Å². The van der Waals surface area contributed by atoms with E-state index < -0.39 is 5.82 Å². The van der Waals surface area contributed by atoms with Gasteiger partial charge in [-0.15, -0.1) is 0 Å². The van der Waals surface area contributed by atoms with Gasteiger partial charge in [0.05, 0.1) is 16.5 Å². The number of carbonyl (C=O) groups is 1. The largest absolute Gasteiger partial charge is 0.494 e. The summed E-state index contributed by atoms with van der Waals surface area (Å²) in [6.07, 6.45) is 1.88. The van der Waals surface area contributed by atoms with Crippen LogP contribution in [0.5, 0.6) is 5.88 Å². The number of aromatic nitrogens is 2. The topological polar surface area (TPSA) is 67.2 Å². The summed E-state index contributed by atoms with van der Waals surface area (Å²) in [5.41, 5.74) is 1.24. The molecule has 1 amide bonds. The molecule has 5 nitrogen and oxygen atoms in total. The van der Waals surface area contributed by atoms with Gasteiger partial charge < -0.3 is 15.0 Å². The zero-order chi connectivity index (χ0) is 21.3. The van der Waals surface area contributed by atoms with Crippen LogP contribution in [-0.4, -0.2) is 20.6 Å². The third-order valence-electron chi connectivity index (χ3n) is 4.69.